The number of nitrogens with zero attached hydrogens (tertiary/aromatic N) is 6. The molecule has 8 heteroatoms. The molecule has 0 spiro atoms. The molecule has 3 aromatic heterocycles. The van der Waals surface area contributed by atoms with E-state index in [0.29, 0.717) is 24.7 Å². The summed E-state index contributed by atoms with van der Waals surface area (Å²) in [6.07, 6.45) is 2.52. The molecular weight excluding hydrogens is 348 g/mol. The van der Waals surface area contributed by atoms with E-state index >= 15 is 0 Å². The molecule has 116 valence electrons. The molecule has 0 aliphatic heterocycles. The van der Waals surface area contributed by atoms with Crippen LogP contribution in [0.15, 0.2) is 15.1 Å². The number of rotatable bonds is 4. The number of aryl methyl sites for hydroxylation is 5. The molecule has 7 nitrogen and oxygen atoms in total. The van der Waals surface area contributed by atoms with Gasteiger partial charge in [-0.05, 0) is 36.7 Å². The molecule has 0 aliphatic rings. The van der Waals surface area contributed by atoms with Crippen LogP contribution in [-0.4, -0.2) is 29.8 Å². The van der Waals surface area contributed by atoms with E-state index in [1.165, 1.54) is 0 Å². The van der Waals surface area contributed by atoms with Gasteiger partial charge in [0.15, 0.2) is 0 Å². The van der Waals surface area contributed by atoms with Crippen LogP contribution in [0, 0.1) is 20.8 Å². The molecule has 0 unspecified atom stereocenters. The third-order valence-electron chi connectivity index (χ3n) is 3.54. The van der Waals surface area contributed by atoms with E-state index < -0.39 is 0 Å². The third kappa shape index (κ3) is 2.70. The van der Waals surface area contributed by atoms with Gasteiger partial charge in [-0.1, -0.05) is 0 Å². The Hall–Kier alpha value is -1.96. The first kappa shape index (κ1) is 15.0. The predicted molar refractivity (Wildman–Crippen MR) is 84.3 cm³/mol. The molecule has 0 N–H and O–H groups in total. The maximum atomic E-state index is 5.73. The summed E-state index contributed by atoms with van der Waals surface area (Å²) in [5.74, 6) is 1.11. The SMILES string of the molecule is Cc1nn(C)cc1-c1nnc(CCn2nc(C)c(Br)c2C)o1. The van der Waals surface area contributed by atoms with Crippen LogP contribution in [-0.2, 0) is 20.0 Å². The molecule has 0 amide bonds. The van der Waals surface area contributed by atoms with Crippen molar-refractivity contribution in [2.24, 2.45) is 7.05 Å². The summed E-state index contributed by atoms with van der Waals surface area (Å²) in [4.78, 5) is 0. The van der Waals surface area contributed by atoms with Crippen molar-refractivity contribution >= 4 is 15.9 Å². The molecule has 0 fully saturated rings. The number of halogens is 1. The Kier molecular flexibility index (Phi) is 3.86. The summed E-state index contributed by atoms with van der Waals surface area (Å²) in [7, 11) is 1.87. The molecule has 22 heavy (non-hydrogen) atoms. The molecule has 3 heterocycles. The lowest BCUT2D eigenvalue weighted by Crippen LogP contribution is -2.05. The van der Waals surface area contributed by atoms with E-state index in [0.717, 1.165) is 27.1 Å². The fraction of sp³-hybridized carbons (Fsp3) is 0.429. The van der Waals surface area contributed by atoms with Crippen molar-refractivity contribution in [1.82, 2.24) is 29.8 Å². The Morgan fingerprint density at radius 3 is 2.50 bits per heavy atom. The van der Waals surface area contributed by atoms with Crippen molar-refractivity contribution in [3.05, 3.63) is 33.6 Å². The summed E-state index contributed by atoms with van der Waals surface area (Å²) in [6.45, 7) is 6.63. The lowest BCUT2D eigenvalue weighted by Gasteiger charge is -2.01. The second kappa shape index (κ2) is 5.68. The summed E-state index contributed by atoms with van der Waals surface area (Å²) in [5.41, 5.74) is 3.82. The van der Waals surface area contributed by atoms with Crippen molar-refractivity contribution in [2.45, 2.75) is 33.7 Å². The number of aromatic nitrogens is 6. The second-order valence-electron chi connectivity index (χ2n) is 5.26. The van der Waals surface area contributed by atoms with Crippen LogP contribution in [0.25, 0.3) is 11.5 Å². The zero-order valence-electron chi connectivity index (χ0n) is 13.0. The molecule has 0 bridgehead atoms. The maximum Gasteiger partial charge on any atom is 0.251 e. The lowest BCUT2D eigenvalue weighted by atomic mass is 10.3. The first-order valence-corrected chi connectivity index (χ1v) is 7.77. The highest BCUT2D eigenvalue weighted by molar-refractivity contribution is 9.10. The van der Waals surface area contributed by atoms with Gasteiger partial charge in [-0.15, -0.1) is 10.2 Å². The second-order valence-corrected chi connectivity index (χ2v) is 6.05. The van der Waals surface area contributed by atoms with Gasteiger partial charge in [0, 0.05) is 31.9 Å². The molecular formula is C14H17BrN6O. The van der Waals surface area contributed by atoms with Gasteiger partial charge in [0.1, 0.15) is 0 Å². The summed E-state index contributed by atoms with van der Waals surface area (Å²) < 4.78 is 10.5. The largest absolute Gasteiger partial charge is 0.421 e. The highest BCUT2D eigenvalue weighted by Gasteiger charge is 2.15. The summed E-state index contributed by atoms with van der Waals surface area (Å²) >= 11 is 3.53. The van der Waals surface area contributed by atoms with Crippen molar-refractivity contribution in [1.29, 1.82) is 0 Å². The van der Waals surface area contributed by atoms with Gasteiger partial charge in [-0.2, -0.15) is 10.2 Å². The van der Waals surface area contributed by atoms with E-state index in [2.05, 4.69) is 36.3 Å². The van der Waals surface area contributed by atoms with Gasteiger partial charge in [0.25, 0.3) is 5.89 Å². The molecule has 0 atom stereocenters. The number of hydrogen-bond donors (Lipinski definition) is 0. The molecule has 0 aromatic carbocycles. The Balaban J connectivity index is 1.75. The average molecular weight is 365 g/mol. The van der Waals surface area contributed by atoms with E-state index in [-0.39, 0.29) is 0 Å². The van der Waals surface area contributed by atoms with Crippen molar-refractivity contribution in [2.75, 3.05) is 0 Å². The van der Waals surface area contributed by atoms with Crippen LogP contribution >= 0.6 is 15.9 Å². The predicted octanol–water partition coefficient (Wildman–Crippen LogP) is 2.60. The Morgan fingerprint density at radius 2 is 1.91 bits per heavy atom. The highest BCUT2D eigenvalue weighted by atomic mass is 79.9. The van der Waals surface area contributed by atoms with Gasteiger partial charge in [-0.25, -0.2) is 0 Å². The van der Waals surface area contributed by atoms with Crippen molar-refractivity contribution in [3.8, 4) is 11.5 Å². The molecule has 0 radical (unpaired) electrons. The van der Waals surface area contributed by atoms with Crippen LogP contribution < -0.4 is 0 Å². The normalized spacial score (nSPS) is 11.3. The van der Waals surface area contributed by atoms with Crippen LogP contribution in [0.5, 0.6) is 0 Å². The molecule has 3 rings (SSSR count). The van der Waals surface area contributed by atoms with Crippen LogP contribution in [0.1, 0.15) is 23.0 Å². The van der Waals surface area contributed by atoms with E-state index in [4.69, 9.17) is 4.42 Å². The fourth-order valence-electron chi connectivity index (χ4n) is 2.37. The van der Waals surface area contributed by atoms with E-state index in [9.17, 15) is 0 Å². The van der Waals surface area contributed by atoms with Crippen molar-refractivity contribution in [3.63, 3.8) is 0 Å². The first-order valence-electron chi connectivity index (χ1n) is 6.98. The van der Waals surface area contributed by atoms with Crippen LogP contribution in [0.4, 0.5) is 0 Å². The number of hydrogen-bond acceptors (Lipinski definition) is 5. The average Bonchev–Trinajstić information content (AvgIpc) is 3.12. The molecule has 0 saturated heterocycles. The lowest BCUT2D eigenvalue weighted by molar-refractivity contribution is 0.471. The van der Waals surface area contributed by atoms with Gasteiger partial charge < -0.3 is 4.42 Å². The van der Waals surface area contributed by atoms with Crippen LogP contribution in [0.3, 0.4) is 0 Å². The monoisotopic (exact) mass is 364 g/mol. The molecule has 0 aliphatic carbocycles. The minimum atomic E-state index is 0.509. The Bertz CT molecular complexity index is 816. The minimum Gasteiger partial charge on any atom is -0.421 e. The summed E-state index contributed by atoms with van der Waals surface area (Å²) in [5, 5.41) is 17.0. The fourth-order valence-corrected chi connectivity index (χ4v) is 2.65. The van der Waals surface area contributed by atoms with Gasteiger partial charge in [0.05, 0.1) is 21.4 Å². The third-order valence-corrected chi connectivity index (χ3v) is 4.69. The quantitative estimate of drug-likeness (QED) is 0.711. The first-order chi connectivity index (χ1) is 10.5. The summed E-state index contributed by atoms with van der Waals surface area (Å²) in [6, 6.07) is 0. The zero-order valence-corrected chi connectivity index (χ0v) is 14.5. The topological polar surface area (TPSA) is 74.6 Å². The van der Waals surface area contributed by atoms with E-state index in [1.807, 2.05) is 38.7 Å². The molecule has 3 aromatic rings. The molecule has 0 saturated carbocycles. The maximum absolute atomic E-state index is 5.73. The zero-order chi connectivity index (χ0) is 15.9. The minimum absolute atomic E-state index is 0.509. The van der Waals surface area contributed by atoms with E-state index in [1.54, 1.807) is 4.68 Å². The smallest absolute Gasteiger partial charge is 0.251 e. The van der Waals surface area contributed by atoms with Gasteiger partial charge >= 0.3 is 0 Å². The highest BCUT2D eigenvalue weighted by Crippen LogP contribution is 2.22. The standard InChI is InChI=1S/C14H17BrN6O/c1-8-11(7-20(4)18-8)14-17-16-12(22-14)5-6-21-10(3)13(15)9(2)19-21/h7H,5-6H2,1-4H3. The van der Waals surface area contributed by atoms with Crippen molar-refractivity contribution < 1.29 is 4.42 Å². The Morgan fingerprint density at radius 1 is 1.14 bits per heavy atom. The Labute approximate surface area is 136 Å². The van der Waals surface area contributed by atoms with Gasteiger partial charge in [0.2, 0.25) is 5.89 Å². The van der Waals surface area contributed by atoms with Crippen LogP contribution in [0.2, 0.25) is 0 Å². The van der Waals surface area contributed by atoms with Gasteiger partial charge in [-0.3, -0.25) is 9.36 Å².